The largest absolute Gasteiger partial charge is 0.390 e. The van der Waals surface area contributed by atoms with E-state index in [9.17, 15) is 9.59 Å². The molecule has 2 N–H and O–H groups in total. The monoisotopic (exact) mass is 452 g/mol. The van der Waals surface area contributed by atoms with Crippen LogP contribution in [-0.2, 0) is 26.1 Å². The molecular weight excluding hydrogens is 430 g/mol. The Morgan fingerprint density at radius 1 is 0.778 bits per heavy atom. The van der Waals surface area contributed by atoms with E-state index in [1.165, 1.54) is 12.2 Å². The van der Waals surface area contributed by atoms with Gasteiger partial charge in [0.25, 0.3) is 0 Å². The van der Waals surface area contributed by atoms with Crippen LogP contribution in [0.1, 0.15) is 26.7 Å². The Morgan fingerprint density at radius 2 is 1.15 bits per heavy atom. The minimum Gasteiger partial charge on any atom is -0.390 e. The van der Waals surface area contributed by atoms with Gasteiger partial charge in [0, 0.05) is 63.2 Å². The summed E-state index contributed by atoms with van der Waals surface area (Å²) >= 11 is 11.5. The fourth-order valence-corrected chi connectivity index (χ4v) is 2.28. The SMILES string of the molecule is CCCNC=C1C=C(Cl)C=CC1=O.CCCNC=C1C=C(Cl)C=CC1=O.[Ni]. The van der Waals surface area contributed by atoms with Crippen molar-refractivity contribution in [1.29, 1.82) is 0 Å². The molecule has 2 aliphatic carbocycles. The van der Waals surface area contributed by atoms with Crippen LogP contribution in [0.25, 0.3) is 0 Å². The second-order valence-electron chi connectivity index (χ2n) is 5.56. The first kappa shape index (κ1) is 25.5. The molecule has 2 aliphatic rings. The molecule has 0 spiro atoms. The molecule has 0 atom stereocenters. The molecule has 150 valence electrons. The quantitative estimate of drug-likeness (QED) is 0.358. The summed E-state index contributed by atoms with van der Waals surface area (Å²) in [6, 6.07) is 0. The topological polar surface area (TPSA) is 58.2 Å². The molecule has 0 heterocycles. The van der Waals surface area contributed by atoms with E-state index >= 15 is 0 Å². The Balaban J connectivity index is 0.000000483. The molecule has 0 aromatic carbocycles. The third-order valence-electron chi connectivity index (χ3n) is 3.25. The third kappa shape index (κ3) is 10.4. The van der Waals surface area contributed by atoms with Gasteiger partial charge >= 0.3 is 0 Å². The predicted molar refractivity (Wildman–Crippen MR) is 109 cm³/mol. The van der Waals surface area contributed by atoms with E-state index in [0.717, 1.165) is 25.9 Å². The van der Waals surface area contributed by atoms with Gasteiger partial charge in [-0.25, -0.2) is 0 Å². The minimum absolute atomic E-state index is 0. The van der Waals surface area contributed by atoms with Crippen LogP contribution in [0.2, 0.25) is 0 Å². The van der Waals surface area contributed by atoms with Crippen molar-refractivity contribution in [1.82, 2.24) is 10.6 Å². The van der Waals surface area contributed by atoms with Crippen LogP contribution >= 0.6 is 23.2 Å². The second-order valence-corrected chi connectivity index (χ2v) is 6.43. The number of nitrogens with one attached hydrogen (secondary N) is 2. The van der Waals surface area contributed by atoms with Gasteiger partial charge in [0.1, 0.15) is 0 Å². The molecule has 0 fully saturated rings. The molecule has 0 aliphatic heterocycles. The number of halogens is 2. The summed E-state index contributed by atoms with van der Waals surface area (Å²) in [5.41, 5.74) is 1.22. The van der Waals surface area contributed by atoms with Crippen molar-refractivity contribution in [3.8, 4) is 0 Å². The molecule has 0 bridgehead atoms. The molecule has 7 heteroatoms. The van der Waals surface area contributed by atoms with Gasteiger partial charge in [-0.05, 0) is 49.3 Å². The van der Waals surface area contributed by atoms with Crippen molar-refractivity contribution in [2.75, 3.05) is 13.1 Å². The molecular formula is C20H24Cl2N2NiO2. The first-order chi connectivity index (χ1) is 12.5. The van der Waals surface area contributed by atoms with Gasteiger partial charge in [-0.2, -0.15) is 0 Å². The molecule has 0 aromatic rings. The molecule has 0 aromatic heterocycles. The maximum atomic E-state index is 11.2. The smallest absolute Gasteiger partial charge is 0.187 e. The number of allylic oxidation sites excluding steroid dienone is 10. The summed E-state index contributed by atoms with van der Waals surface area (Å²) in [5.74, 6) is -0.0130. The van der Waals surface area contributed by atoms with Crippen molar-refractivity contribution in [3.63, 3.8) is 0 Å². The van der Waals surface area contributed by atoms with Crippen LogP contribution in [0.4, 0.5) is 0 Å². The van der Waals surface area contributed by atoms with Crippen molar-refractivity contribution in [2.45, 2.75) is 26.7 Å². The van der Waals surface area contributed by atoms with Gasteiger partial charge in [0.2, 0.25) is 0 Å². The zero-order valence-corrected chi connectivity index (χ0v) is 17.8. The fraction of sp³-hybridized carbons (Fsp3) is 0.300. The van der Waals surface area contributed by atoms with E-state index in [-0.39, 0.29) is 28.1 Å². The minimum atomic E-state index is -0.00648. The molecule has 0 saturated heterocycles. The van der Waals surface area contributed by atoms with Crippen LogP contribution in [0.5, 0.6) is 0 Å². The maximum Gasteiger partial charge on any atom is 0.187 e. The summed E-state index contributed by atoms with van der Waals surface area (Å²) < 4.78 is 0. The Kier molecular flexibility index (Phi) is 13.7. The Labute approximate surface area is 181 Å². The second kappa shape index (κ2) is 14.5. The van der Waals surface area contributed by atoms with Crippen molar-refractivity contribution >= 4 is 34.8 Å². The van der Waals surface area contributed by atoms with E-state index in [4.69, 9.17) is 23.2 Å². The summed E-state index contributed by atoms with van der Waals surface area (Å²) in [6.45, 7) is 5.87. The summed E-state index contributed by atoms with van der Waals surface area (Å²) in [7, 11) is 0. The average Bonchev–Trinajstić information content (AvgIpc) is 2.62. The van der Waals surface area contributed by atoms with Crippen LogP contribution in [0.15, 0.2) is 70.1 Å². The van der Waals surface area contributed by atoms with Crippen molar-refractivity contribution in [2.24, 2.45) is 0 Å². The third-order valence-corrected chi connectivity index (χ3v) is 3.72. The van der Waals surface area contributed by atoms with Gasteiger partial charge in [-0.3, -0.25) is 9.59 Å². The Morgan fingerprint density at radius 3 is 1.48 bits per heavy atom. The fourth-order valence-electron chi connectivity index (χ4n) is 1.92. The van der Waals surface area contributed by atoms with E-state index in [1.807, 2.05) is 0 Å². The number of hydrogen-bond donors (Lipinski definition) is 2. The molecule has 2 rings (SSSR count). The van der Waals surface area contributed by atoms with Crippen molar-refractivity contribution in [3.05, 3.63) is 70.1 Å². The van der Waals surface area contributed by atoms with E-state index in [2.05, 4.69) is 24.5 Å². The van der Waals surface area contributed by atoms with E-state index in [1.54, 1.807) is 36.7 Å². The Hall–Kier alpha value is -1.55. The van der Waals surface area contributed by atoms with Gasteiger partial charge in [0.15, 0.2) is 11.6 Å². The molecule has 0 radical (unpaired) electrons. The van der Waals surface area contributed by atoms with Crippen LogP contribution < -0.4 is 10.6 Å². The Bertz CT molecular complexity index is 645. The zero-order valence-electron chi connectivity index (χ0n) is 15.3. The number of carbonyl (C=O) groups excluding carboxylic acids is 2. The molecule has 0 unspecified atom stereocenters. The van der Waals surface area contributed by atoms with Crippen LogP contribution in [-0.4, -0.2) is 24.7 Å². The maximum absolute atomic E-state index is 11.2. The van der Waals surface area contributed by atoms with Crippen LogP contribution in [0, 0.1) is 0 Å². The molecule has 0 amide bonds. The molecule has 0 saturated carbocycles. The number of hydrogen-bond acceptors (Lipinski definition) is 4. The van der Waals surface area contributed by atoms with Gasteiger partial charge < -0.3 is 10.6 Å². The van der Waals surface area contributed by atoms with Gasteiger partial charge in [0.05, 0.1) is 0 Å². The summed E-state index contributed by atoms with van der Waals surface area (Å²) in [6.07, 6.45) is 14.9. The standard InChI is InChI=1S/2C10H12ClNO.Ni/c2*1-2-5-12-7-8-6-9(11)3-4-10(8)13;/h2*3-4,6-7,12H,2,5H2,1H3;. The van der Waals surface area contributed by atoms with Gasteiger partial charge in [-0.1, -0.05) is 37.0 Å². The van der Waals surface area contributed by atoms with Crippen LogP contribution in [0.3, 0.4) is 0 Å². The van der Waals surface area contributed by atoms with Gasteiger partial charge in [-0.15, -0.1) is 0 Å². The van der Waals surface area contributed by atoms with E-state index in [0.29, 0.717) is 21.2 Å². The number of ketones is 2. The summed E-state index contributed by atoms with van der Waals surface area (Å²) in [4.78, 5) is 22.5. The normalized spacial score (nSPS) is 18.4. The number of rotatable bonds is 6. The molecule has 27 heavy (non-hydrogen) atoms. The first-order valence-corrected chi connectivity index (χ1v) is 9.29. The molecule has 4 nitrogen and oxygen atoms in total. The van der Waals surface area contributed by atoms with E-state index < -0.39 is 0 Å². The predicted octanol–water partition coefficient (Wildman–Crippen LogP) is 4.26. The zero-order chi connectivity index (χ0) is 19.4. The average molecular weight is 454 g/mol. The van der Waals surface area contributed by atoms with Crippen molar-refractivity contribution < 1.29 is 26.1 Å². The summed E-state index contributed by atoms with van der Waals surface area (Å²) in [5, 5.41) is 7.25. The first-order valence-electron chi connectivity index (χ1n) is 8.54. The number of carbonyl (C=O) groups is 2.